The van der Waals surface area contributed by atoms with Crippen LogP contribution in [0.5, 0.6) is 0 Å². The van der Waals surface area contributed by atoms with E-state index in [0.29, 0.717) is 11.9 Å². The number of pyridine rings is 1. The van der Waals surface area contributed by atoms with Crippen molar-refractivity contribution in [2.45, 2.75) is 19.4 Å². The van der Waals surface area contributed by atoms with Gasteiger partial charge in [-0.2, -0.15) is 0 Å². The van der Waals surface area contributed by atoms with Gasteiger partial charge >= 0.3 is 0 Å². The minimum atomic E-state index is 0.419. The van der Waals surface area contributed by atoms with Crippen LogP contribution in [-0.4, -0.2) is 11.0 Å². The Morgan fingerprint density at radius 2 is 2.06 bits per heavy atom. The molecule has 2 aromatic rings. The summed E-state index contributed by atoms with van der Waals surface area (Å²) in [6, 6.07) is 14.7. The van der Waals surface area contributed by atoms with Gasteiger partial charge in [0.1, 0.15) is 11.6 Å². The summed E-state index contributed by atoms with van der Waals surface area (Å²) in [5.74, 6) is 7.03. The first-order valence-corrected chi connectivity index (χ1v) is 6.10. The number of anilines is 3. The largest absolute Gasteiger partial charge is 0.323 e. The fourth-order valence-corrected chi connectivity index (χ4v) is 2.55. The highest BCUT2D eigenvalue weighted by molar-refractivity contribution is 5.69. The summed E-state index contributed by atoms with van der Waals surface area (Å²) in [6.07, 6.45) is 1.05. The number of hydrogen-bond acceptors (Lipinski definition) is 4. The number of aromatic nitrogens is 1. The molecule has 1 aliphatic heterocycles. The first-order valence-electron chi connectivity index (χ1n) is 6.10. The Labute approximate surface area is 106 Å². The molecule has 1 aromatic heterocycles. The topological polar surface area (TPSA) is 54.2 Å². The Balaban J connectivity index is 2.06. The van der Waals surface area contributed by atoms with E-state index in [9.17, 15) is 0 Å². The highest BCUT2D eigenvalue weighted by atomic mass is 15.3. The van der Waals surface area contributed by atoms with E-state index in [1.54, 1.807) is 0 Å². The van der Waals surface area contributed by atoms with Gasteiger partial charge in [0.05, 0.1) is 0 Å². The lowest BCUT2D eigenvalue weighted by atomic mass is 10.1. The highest BCUT2D eigenvalue weighted by Gasteiger charge is 2.27. The lowest BCUT2D eigenvalue weighted by molar-refractivity contribution is 0.751. The fourth-order valence-electron chi connectivity index (χ4n) is 2.55. The predicted octanol–water partition coefficient (Wildman–Crippen LogP) is 2.45. The molecule has 0 aliphatic carbocycles. The smallest absolute Gasteiger partial charge is 0.142 e. The molecule has 1 aromatic carbocycles. The van der Waals surface area contributed by atoms with Gasteiger partial charge in [-0.1, -0.05) is 24.3 Å². The number of para-hydroxylation sites is 1. The first-order chi connectivity index (χ1) is 8.79. The van der Waals surface area contributed by atoms with Crippen LogP contribution in [0.3, 0.4) is 0 Å². The second-order valence-electron chi connectivity index (χ2n) is 4.58. The van der Waals surface area contributed by atoms with E-state index in [2.05, 4.69) is 46.5 Å². The van der Waals surface area contributed by atoms with Gasteiger partial charge in [-0.15, -0.1) is 0 Å². The van der Waals surface area contributed by atoms with Crippen molar-refractivity contribution in [2.24, 2.45) is 5.84 Å². The fraction of sp³-hybridized carbons (Fsp3) is 0.214. The number of benzene rings is 1. The summed E-state index contributed by atoms with van der Waals surface area (Å²) in [7, 11) is 0. The van der Waals surface area contributed by atoms with Crippen LogP contribution >= 0.6 is 0 Å². The maximum atomic E-state index is 5.42. The summed E-state index contributed by atoms with van der Waals surface area (Å²) in [5.41, 5.74) is 5.21. The summed E-state index contributed by atoms with van der Waals surface area (Å²) >= 11 is 0. The molecule has 0 saturated carbocycles. The number of hydrazine groups is 1. The zero-order valence-electron chi connectivity index (χ0n) is 10.3. The molecule has 0 saturated heterocycles. The molecule has 92 valence electrons. The van der Waals surface area contributed by atoms with E-state index in [0.717, 1.165) is 12.2 Å². The van der Waals surface area contributed by atoms with Crippen molar-refractivity contribution < 1.29 is 0 Å². The Kier molecular flexibility index (Phi) is 2.64. The van der Waals surface area contributed by atoms with E-state index in [1.807, 2.05) is 18.2 Å². The van der Waals surface area contributed by atoms with Crippen LogP contribution in [-0.2, 0) is 6.42 Å². The van der Waals surface area contributed by atoms with Gasteiger partial charge in [-0.25, -0.2) is 10.8 Å². The third-order valence-corrected chi connectivity index (χ3v) is 3.34. The van der Waals surface area contributed by atoms with E-state index >= 15 is 0 Å². The second kappa shape index (κ2) is 4.31. The van der Waals surface area contributed by atoms with Crippen LogP contribution in [0.15, 0.2) is 42.5 Å². The van der Waals surface area contributed by atoms with Crippen LogP contribution < -0.4 is 16.2 Å². The monoisotopic (exact) mass is 240 g/mol. The third-order valence-electron chi connectivity index (χ3n) is 3.34. The van der Waals surface area contributed by atoms with E-state index in [1.165, 1.54) is 11.3 Å². The van der Waals surface area contributed by atoms with Gasteiger partial charge in [-0.05, 0) is 37.1 Å². The average Bonchev–Trinajstić information content (AvgIpc) is 2.74. The molecular formula is C14H16N4. The molecule has 0 amide bonds. The van der Waals surface area contributed by atoms with Crippen molar-refractivity contribution in [2.75, 3.05) is 10.3 Å². The molecule has 1 unspecified atom stereocenters. The normalized spacial score (nSPS) is 17.7. The third kappa shape index (κ3) is 1.71. The lowest BCUT2D eigenvalue weighted by Crippen LogP contribution is -2.25. The number of nitrogens with zero attached hydrogens (tertiary/aromatic N) is 2. The van der Waals surface area contributed by atoms with Gasteiger partial charge in [0.15, 0.2) is 0 Å². The molecule has 3 rings (SSSR count). The predicted molar refractivity (Wildman–Crippen MR) is 73.8 cm³/mol. The van der Waals surface area contributed by atoms with Crippen molar-refractivity contribution >= 4 is 17.3 Å². The zero-order valence-corrected chi connectivity index (χ0v) is 10.3. The Hall–Kier alpha value is -2.07. The minimum Gasteiger partial charge on any atom is -0.323 e. The number of fused-ring (bicyclic) bond motifs is 1. The Morgan fingerprint density at radius 1 is 1.22 bits per heavy atom. The lowest BCUT2D eigenvalue weighted by Gasteiger charge is -2.24. The number of nitrogens with one attached hydrogen (secondary N) is 1. The van der Waals surface area contributed by atoms with E-state index in [4.69, 9.17) is 5.84 Å². The van der Waals surface area contributed by atoms with Crippen LogP contribution in [0.4, 0.5) is 17.3 Å². The maximum absolute atomic E-state index is 5.42. The van der Waals surface area contributed by atoms with Crippen LogP contribution in [0.1, 0.15) is 12.5 Å². The molecule has 18 heavy (non-hydrogen) atoms. The van der Waals surface area contributed by atoms with Gasteiger partial charge in [0.25, 0.3) is 0 Å². The molecular weight excluding hydrogens is 224 g/mol. The summed E-state index contributed by atoms with van der Waals surface area (Å²) in [5, 5.41) is 0. The van der Waals surface area contributed by atoms with Crippen molar-refractivity contribution in [1.29, 1.82) is 0 Å². The molecule has 0 bridgehead atoms. The van der Waals surface area contributed by atoms with Crippen LogP contribution in [0.2, 0.25) is 0 Å². The average molecular weight is 240 g/mol. The van der Waals surface area contributed by atoms with Gasteiger partial charge in [0, 0.05) is 11.7 Å². The van der Waals surface area contributed by atoms with Gasteiger partial charge < -0.3 is 10.3 Å². The van der Waals surface area contributed by atoms with Crippen molar-refractivity contribution in [1.82, 2.24) is 4.98 Å². The van der Waals surface area contributed by atoms with Crippen molar-refractivity contribution in [3.05, 3.63) is 48.0 Å². The number of nitrogen functional groups attached to an aromatic ring is 1. The van der Waals surface area contributed by atoms with E-state index in [-0.39, 0.29) is 0 Å². The molecule has 2 heterocycles. The highest BCUT2D eigenvalue weighted by Crippen LogP contribution is 2.37. The summed E-state index contributed by atoms with van der Waals surface area (Å²) < 4.78 is 0. The number of rotatable bonds is 2. The molecule has 0 fully saturated rings. The molecule has 1 aliphatic rings. The minimum absolute atomic E-state index is 0.419. The number of hydrogen-bond donors (Lipinski definition) is 2. The second-order valence-corrected chi connectivity index (χ2v) is 4.58. The molecule has 4 heteroatoms. The Morgan fingerprint density at radius 3 is 2.89 bits per heavy atom. The molecule has 0 spiro atoms. The summed E-state index contributed by atoms with van der Waals surface area (Å²) in [6.45, 7) is 2.21. The molecule has 4 nitrogen and oxygen atoms in total. The van der Waals surface area contributed by atoms with E-state index < -0.39 is 0 Å². The zero-order chi connectivity index (χ0) is 12.5. The van der Waals surface area contributed by atoms with Gasteiger partial charge in [0.2, 0.25) is 0 Å². The standard InChI is InChI=1S/C14H16N4/c1-10-9-11-5-2-3-6-12(11)18(10)14-8-4-7-13(16-14)17-15/h2-8,10H,9,15H2,1H3,(H,16,17). The molecule has 3 N–H and O–H groups in total. The number of nitrogens with two attached hydrogens (primary N) is 1. The van der Waals surface area contributed by atoms with Crippen molar-refractivity contribution in [3.8, 4) is 0 Å². The van der Waals surface area contributed by atoms with Crippen LogP contribution in [0.25, 0.3) is 0 Å². The maximum Gasteiger partial charge on any atom is 0.142 e. The summed E-state index contributed by atoms with van der Waals surface area (Å²) in [4.78, 5) is 6.77. The van der Waals surface area contributed by atoms with Crippen LogP contribution in [0, 0.1) is 0 Å². The Bertz CT molecular complexity index is 567. The first kappa shape index (κ1) is 11.0. The molecule has 0 radical (unpaired) electrons. The SMILES string of the molecule is CC1Cc2ccccc2N1c1cccc(NN)n1. The van der Waals surface area contributed by atoms with Crippen molar-refractivity contribution in [3.63, 3.8) is 0 Å². The van der Waals surface area contributed by atoms with Gasteiger partial charge in [-0.3, -0.25) is 0 Å². The quantitative estimate of drug-likeness (QED) is 0.625. The molecule has 1 atom stereocenters.